The summed E-state index contributed by atoms with van der Waals surface area (Å²) in [7, 11) is 0. The first kappa shape index (κ1) is 14.4. The van der Waals surface area contributed by atoms with E-state index in [1.165, 1.54) is 0 Å². The molecular weight excluding hydrogens is 194 g/mol. The third-order valence-corrected chi connectivity index (χ3v) is 2.81. The predicted octanol–water partition coefficient (Wildman–Crippen LogP) is 1.33. The van der Waals surface area contributed by atoms with Gasteiger partial charge in [-0.05, 0) is 19.8 Å². The maximum Gasteiger partial charge on any atom is 0.304 e. The van der Waals surface area contributed by atoms with E-state index >= 15 is 0 Å². The smallest absolute Gasteiger partial charge is 0.304 e. The molecule has 0 radical (unpaired) electrons. The van der Waals surface area contributed by atoms with Crippen LogP contribution in [-0.2, 0) is 4.79 Å². The van der Waals surface area contributed by atoms with Gasteiger partial charge in [0.05, 0.1) is 13.0 Å². The molecule has 0 aliphatic rings. The first-order chi connectivity index (χ1) is 7.06. The van der Waals surface area contributed by atoms with Gasteiger partial charge >= 0.3 is 5.97 Å². The Bertz CT molecular complexity index is 181. The molecule has 0 fully saturated rings. The van der Waals surface area contributed by atoms with Crippen molar-refractivity contribution in [2.45, 2.75) is 52.1 Å². The third kappa shape index (κ3) is 5.14. The van der Waals surface area contributed by atoms with E-state index in [1.807, 2.05) is 6.92 Å². The van der Waals surface area contributed by atoms with Crippen molar-refractivity contribution >= 4 is 5.97 Å². The Kier molecular flexibility index (Phi) is 7.34. The molecule has 1 atom stereocenters. The molecule has 0 saturated carbocycles. The maximum atomic E-state index is 10.6. The number of carboxylic acid groups (broad SMARTS) is 1. The Morgan fingerprint density at radius 1 is 1.33 bits per heavy atom. The standard InChI is InChI=1S/C11H23NO3/c1-4-10(5-2)12(6-7-13)9(3)8-11(14)15/h9-10,13H,4-8H2,1-3H3,(H,14,15). The Morgan fingerprint density at radius 2 is 1.87 bits per heavy atom. The van der Waals surface area contributed by atoms with Crippen LogP contribution in [0.3, 0.4) is 0 Å². The molecule has 0 aromatic carbocycles. The largest absolute Gasteiger partial charge is 0.481 e. The molecule has 0 aliphatic heterocycles. The van der Waals surface area contributed by atoms with Crippen molar-refractivity contribution in [1.82, 2.24) is 4.90 Å². The maximum absolute atomic E-state index is 10.6. The second kappa shape index (κ2) is 7.65. The highest BCUT2D eigenvalue weighted by Crippen LogP contribution is 2.14. The van der Waals surface area contributed by atoms with Gasteiger partial charge in [0.1, 0.15) is 0 Å². The van der Waals surface area contributed by atoms with E-state index in [9.17, 15) is 4.79 Å². The second-order valence-electron chi connectivity index (χ2n) is 3.88. The molecule has 0 bridgehead atoms. The van der Waals surface area contributed by atoms with Crippen LogP contribution < -0.4 is 0 Å². The quantitative estimate of drug-likeness (QED) is 0.644. The van der Waals surface area contributed by atoms with Crippen LogP contribution in [0.2, 0.25) is 0 Å². The van der Waals surface area contributed by atoms with Crippen molar-refractivity contribution < 1.29 is 15.0 Å². The van der Waals surface area contributed by atoms with Gasteiger partial charge in [-0.25, -0.2) is 0 Å². The Labute approximate surface area is 91.9 Å². The molecule has 0 heterocycles. The lowest BCUT2D eigenvalue weighted by Crippen LogP contribution is -2.43. The van der Waals surface area contributed by atoms with Gasteiger partial charge in [0.25, 0.3) is 0 Å². The Hall–Kier alpha value is -0.610. The summed E-state index contributed by atoms with van der Waals surface area (Å²) in [4.78, 5) is 12.7. The first-order valence-corrected chi connectivity index (χ1v) is 5.65. The van der Waals surface area contributed by atoms with Crippen LogP contribution in [0.15, 0.2) is 0 Å². The van der Waals surface area contributed by atoms with Gasteiger partial charge in [-0.1, -0.05) is 13.8 Å². The molecular formula is C11H23NO3. The highest BCUT2D eigenvalue weighted by atomic mass is 16.4. The summed E-state index contributed by atoms with van der Waals surface area (Å²) in [5.74, 6) is -0.781. The summed E-state index contributed by atoms with van der Waals surface area (Å²) >= 11 is 0. The van der Waals surface area contributed by atoms with E-state index in [0.29, 0.717) is 12.6 Å². The number of nitrogens with zero attached hydrogens (tertiary/aromatic N) is 1. The van der Waals surface area contributed by atoms with Crippen LogP contribution in [0.25, 0.3) is 0 Å². The third-order valence-electron chi connectivity index (χ3n) is 2.81. The molecule has 0 aromatic heterocycles. The number of aliphatic hydroxyl groups excluding tert-OH is 1. The fourth-order valence-electron chi connectivity index (χ4n) is 2.01. The summed E-state index contributed by atoms with van der Waals surface area (Å²) in [6.45, 7) is 6.72. The van der Waals surface area contributed by atoms with Gasteiger partial charge in [0, 0.05) is 18.6 Å². The van der Waals surface area contributed by atoms with Crippen molar-refractivity contribution in [2.24, 2.45) is 0 Å². The lowest BCUT2D eigenvalue weighted by atomic mass is 10.1. The summed E-state index contributed by atoms with van der Waals surface area (Å²) in [6, 6.07) is 0.353. The van der Waals surface area contributed by atoms with Crippen molar-refractivity contribution in [3.63, 3.8) is 0 Å². The van der Waals surface area contributed by atoms with Gasteiger partial charge < -0.3 is 10.2 Å². The fourth-order valence-corrected chi connectivity index (χ4v) is 2.01. The summed E-state index contributed by atoms with van der Waals surface area (Å²) < 4.78 is 0. The summed E-state index contributed by atoms with van der Waals surface area (Å²) in [5.41, 5.74) is 0. The number of rotatable bonds is 8. The first-order valence-electron chi connectivity index (χ1n) is 5.65. The van der Waals surface area contributed by atoms with Crippen molar-refractivity contribution in [3.05, 3.63) is 0 Å². The highest BCUT2D eigenvalue weighted by molar-refractivity contribution is 5.67. The van der Waals surface area contributed by atoms with E-state index < -0.39 is 5.97 Å². The number of hydrogen-bond donors (Lipinski definition) is 2. The monoisotopic (exact) mass is 217 g/mol. The van der Waals surface area contributed by atoms with Crippen LogP contribution in [0.5, 0.6) is 0 Å². The van der Waals surface area contributed by atoms with Crippen molar-refractivity contribution in [3.8, 4) is 0 Å². The molecule has 15 heavy (non-hydrogen) atoms. The van der Waals surface area contributed by atoms with Crippen molar-refractivity contribution in [2.75, 3.05) is 13.2 Å². The van der Waals surface area contributed by atoms with Gasteiger partial charge in [-0.3, -0.25) is 9.69 Å². The molecule has 4 nitrogen and oxygen atoms in total. The van der Waals surface area contributed by atoms with Crippen LogP contribution in [0, 0.1) is 0 Å². The minimum Gasteiger partial charge on any atom is -0.481 e. The highest BCUT2D eigenvalue weighted by Gasteiger charge is 2.22. The molecule has 1 unspecified atom stereocenters. The van der Waals surface area contributed by atoms with E-state index in [4.69, 9.17) is 10.2 Å². The normalized spacial score (nSPS) is 13.5. The predicted molar refractivity (Wildman–Crippen MR) is 59.9 cm³/mol. The SMILES string of the molecule is CCC(CC)N(CCO)C(C)CC(=O)O. The topological polar surface area (TPSA) is 60.8 Å². The van der Waals surface area contributed by atoms with Crippen LogP contribution in [-0.4, -0.2) is 46.3 Å². The number of hydrogen-bond acceptors (Lipinski definition) is 3. The van der Waals surface area contributed by atoms with Crippen molar-refractivity contribution in [1.29, 1.82) is 0 Å². The number of carboxylic acids is 1. The molecule has 0 rings (SSSR count). The van der Waals surface area contributed by atoms with Gasteiger partial charge in [0.15, 0.2) is 0 Å². The molecule has 0 spiro atoms. The van der Waals surface area contributed by atoms with Crippen LogP contribution in [0.4, 0.5) is 0 Å². The minimum atomic E-state index is -0.781. The average molecular weight is 217 g/mol. The number of aliphatic carboxylic acids is 1. The average Bonchev–Trinajstić information content (AvgIpc) is 2.17. The minimum absolute atomic E-state index is 0.0143. The fraction of sp³-hybridized carbons (Fsp3) is 0.909. The van der Waals surface area contributed by atoms with Gasteiger partial charge in [-0.2, -0.15) is 0 Å². The van der Waals surface area contributed by atoms with Gasteiger partial charge in [-0.15, -0.1) is 0 Å². The van der Waals surface area contributed by atoms with E-state index in [0.717, 1.165) is 12.8 Å². The Balaban J connectivity index is 4.40. The molecule has 0 aliphatic carbocycles. The molecule has 0 amide bonds. The van der Waals surface area contributed by atoms with E-state index in [-0.39, 0.29) is 19.1 Å². The number of carbonyl (C=O) groups is 1. The summed E-state index contributed by atoms with van der Waals surface area (Å²) in [5, 5.41) is 17.7. The molecule has 90 valence electrons. The van der Waals surface area contributed by atoms with Crippen LogP contribution in [0.1, 0.15) is 40.0 Å². The zero-order valence-electron chi connectivity index (χ0n) is 9.94. The molecule has 0 saturated heterocycles. The second-order valence-corrected chi connectivity index (χ2v) is 3.88. The zero-order valence-corrected chi connectivity index (χ0v) is 9.94. The lowest BCUT2D eigenvalue weighted by Gasteiger charge is -2.34. The molecule has 2 N–H and O–H groups in total. The van der Waals surface area contributed by atoms with E-state index in [2.05, 4.69) is 18.7 Å². The molecule has 0 aromatic rings. The Morgan fingerprint density at radius 3 is 2.20 bits per heavy atom. The molecule has 4 heteroatoms. The zero-order chi connectivity index (χ0) is 11.8. The summed E-state index contributed by atoms with van der Waals surface area (Å²) in [6.07, 6.45) is 2.11. The van der Waals surface area contributed by atoms with Crippen LogP contribution >= 0.6 is 0 Å². The van der Waals surface area contributed by atoms with Gasteiger partial charge in [0.2, 0.25) is 0 Å². The lowest BCUT2D eigenvalue weighted by molar-refractivity contribution is -0.138. The van der Waals surface area contributed by atoms with E-state index in [1.54, 1.807) is 0 Å². The number of aliphatic hydroxyl groups is 1.